The first kappa shape index (κ1) is 17.2. The molecular weight excluding hydrogens is 354 g/mol. The number of benzene rings is 2. The molecule has 1 aromatic heterocycles. The van der Waals surface area contributed by atoms with Crippen molar-refractivity contribution < 1.29 is 22.8 Å². The minimum absolute atomic E-state index is 0.286. The number of likely N-dealkylation sites (N-methyl/N-ethyl adjacent to an activating group) is 1. The molecular formula is C20H16F2N2O3. The molecule has 2 atom stereocenters. The molecule has 7 heteroatoms. The van der Waals surface area contributed by atoms with E-state index in [0.29, 0.717) is 12.1 Å². The highest BCUT2D eigenvalue weighted by molar-refractivity contribution is 6.08. The van der Waals surface area contributed by atoms with Crippen LogP contribution >= 0.6 is 0 Å². The van der Waals surface area contributed by atoms with E-state index in [0.717, 1.165) is 17.0 Å². The number of hydrogen-bond acceptors (Lipinski definition) is 3. The number of anilines is 1. The van der Waals surface area contributed by atoms with Crippen molar-refractivity contribution in [3.63, 3.8) is 0 Å². The van der Waals surface area contributed by atoms with Crippen LogP contribution in [0.1, 0.15) is 11.5 Å². The summed E-state index contributed by atoms with van der Waals surface area (Å²) in [6.07, 6.45) is 1.57. The van der Waals surface area contributed by atoms with Gasteiger partial charge in [-0.25, -0.2) is 8.78 Å². The van der Waals surface area contributed by atoms with E-state index in [1.54, 1.807) is 25.4 Å². The number of rotatable bonds is 3. The lowest BCUT2D eigenvalue weighted by Gasteiger charge is -2.17. The van der Waals surface area contributed by atoms with Crippen LogP contribution in [0.15, 0.2) is 53.1 Å². The Bertz CT molecular complexity index is 1050. The fourth-order valence-electron chi connectivity index (χ4n) is 3.52. The maximum atomic E-state index is 13.9. The van der Waals surface area contributed by atoms with Gasteiger partial charge in [-0.2, -0.15) is 0 Å². The van der Waals surface area contributed by atoms with Crippen molar-refractivity contribution >= 4 is 28.5 Å². The summed E-state index contributed by atoms with van der Waals surface area (Å²) in [7, 11) is 1.61. The van der Waals surface area contributed by atoms with E-state index in [-0.39, 0.29) is 11.6 Å². The van der Waals surface area contributed by atoms with E-state index >= 15 is 0 Å². The van der Waals surface area contributed by atoms with Crippen molar-refractivity contribution in [3.8, 4) is 0 Å². The first-order valence-corrected chi connectivity index (χ1v) is 8.42. The van der Waals surface area contributed by atoms with Crippen molar-refractivity contribution in [2.75, 3.05) is 18.9 Å². The summed E-state index contributed by atoms with van der Waals surface area (Å²) in [6, 6.07) is 10.8. The zero-order valence-electron chi connectivity index (χ0n) is 14.4. The van der Waals surface area contributed by atoms with Gasteiger partial charge in [-0.1, -0.05) is 12.1 Å². The molecule has 1 aliphatic rings. The van der Waals surface area contributed by atoms with Crippen LogP contribution in [0.2, 0.25) is 0 Å². The maximum absolute atomic E-state index is 13.9. The summed E-state index contributed by atoms with van der Waals surface area (Å²) in [5, 5.41) is 3.22. The molecule has 1 aliphatic heterocycles. The second-order valence-electron chi connectivity index (χ2n) is 6.61. The molecule has 1 N–H and O–H groups in total. The number of halogens is 2. The molecule has 3 aromatic rings. The summed E-state index contributed by atoms with van der Waals surface area (Å²) in [5.74, 6) is -4.67. The quantitative estimate of drug-likeness (QED) is 0.718. The van der Waals surface area contributed by atoms with Gasteiger partial charge in [0.05, 0.1) is 12.0 Å². The number of hydrogen-bond donors (Lipinski definition) is 1. The molecule has 4 rings (SSSR count). The Morgan fingerprint density at radius 1 is 1.22 bits per heavy atom. The molecule has 0 bridgehead atoms. The van der Waals surface area contributed by atoms with Crippen molar-refractivity contribution in [1.82, 2.24) is 4.90 Å². The predicted molar refractivity (Wildman–Crippen MR) is 95.1 cm³/mol. The Labute approximate surface area is 153 Å². The summed E-state index contributed by atoms with van der Waals surface area (Å²) in [4.78, 5) is 26.8. The second kappa shape index (κ2) is 6.50. The van der Waals surface area contributed by atoms with E-state index in [4.69, 9.17) is 4.42 Å². The lowest BCUT2D eigenvalue weighted by Crippen LogP contribution is -2.33. The highest BCUT2D eigenvalue weighted by Gasteiger charge is 2.44. The third-order valence-corrected chi connectivity index (χ3v) is 4.91. The van der Waals surface area contributed by atoms with Gasteiger partial charge in [-0.15, -0.1) is 0 Å². The first-order valence-electron chi connectivity index (χ1n) is 8.42. The second-order valence-corrected chi connectivity index (χ2v) is 6.61. The number of nitrogens with zero attached hydrogens (tertiary/aromatic N) is 1. The van der Waals surface area contributed by atoms with Crippen LogP contribution in [0, 0.1) is 17.6 Å². The molecule has 0 radical (unpaired) electrons. The molecule has 2 aromatic carbocycles. The van der Waals surface area contributed by atoms with Gasteiger partial charge in [-0.05, 0) is 35.9 Å². The fourth-order valence-corrected chi connectivity index (χ4v) is 3.52. The number of nitrogens with one attached hydrogen (secondary N) is 1. The zero-order chi connectivity index (χ0) is 19.1. The van der Waals surface area contributed by atoms with Crippen LogP contribution in [0.5, 0.6) is 0 Å². The molecule has 2 heterocycles. The Balaban J connectivity index is 1.66. The Morgan fingerprint density at radius 2 is 2.04 bits per heavy atom. The SMILES string of the molecule is CN1C[C@H](c2ccc3occc3c2)[C@@H](C(=O)Nc2cccc(F)c2F)C1=O. The highest BCUT2D eigenvalue weighted by Crippen LogP contribution is 2.35. The molecule has 1 saturated heterocycles. The van der Waals surface area contributed by atoms with Gasteiger partial charge in [-0.3, -0.25) is 9.59 Å². The number of carbonyl (C=O) groups is 2. The number of fused-ring (bicyclic) bond motifs is 1. The highest BCUT2D eigenvalue weighted by atomic mass is 19.2. The Morgan fingerprint density at radius 3 is 2.85 bits per heavy atom. The maximum Gasteiger partial charge on any atom is 0.237 e. The summed E-state index contributed by atoms with van der Waals surface area (Å²) < 4.78 is 32.6. The van der Waals surface area contributed by atoms with Gasteiger partial charge in [0.1, 0.15) is 11.5 Å². The minimum Gasteiger partial charge on any atom is -0.464 e. The van der Waals surface area contributed by atoms with Gasteiger partial charge in [0.15, 0.2) is 11.6 Å². The fraction of sp³-hybridized carbons (Fsp3) is 0.200. The molecule has 0 aliphatic carbocycles. The van der Waals surface area contributed by atoms with Crippen LogP contribution in [0.4, 0.5) is 14.5 Å². The molecule has 0 unspecified atom stereocenters. The average molecular weight is 370 g/mol. The van der Waals surface area contributed by atoms with Crippen molar-refractivity contribution in [2.24, 2.45) is 5.92 Å². The van der Waals surface area contributed by atoms with Crippen molar-refractivity contribution in [3.05, 3.63) is 65.9 Å². The van der Waals surface area contributed by atoms with Crippen LogP contribution in [-0.2, 0) is 9.59 Å². The molecule has 1 fully saturated rings. The summed E-state index contributed by atoms with van der Waals surface area (Å²) in [5.41, 5.74) is 1.23. The first-order chi connectivity index (χ1) is 13.0. The van der Waals surface area contributed by atoms with Crippen molar-refractivity contribution in [1.29, 1.82) is 0 Å². The Kier molecular flexibility index (Phi) is 4.14. The smallest absolute Gasteiger partial charge is 0.237 e. The Hall–Kier alpha value is -3.22. The van der Waals surface area contributed by atoms with E-state index in [1.165, 1.54) is 17.0 Å². The molecule has 5 nitrogen and oxygen atoms in total. The largest absolute Gasteiger partial charge is 0.464 e. The summed E-state index contributed by atoms with van der Waals surface area (Å²) >= 11 is 0. The molecule has 0 saturated carbocycles. The van der Waals surface area contributed by atoms with E-state index in [2.05, 4.69) is 5.32 Å². The topological polar surface area (TPSA) is 62.6 Å². The van der Waals surface area contributed by atoms with Gasteiger partial charge in [0.2, 0.25) is 11.8 Å². The average Bonchev–Trinajstić information content (AvgIpc) is 3.23. The molecule has 0 spiro atoms. The predicted octanol–water partition coefficient (Wildman–Crippen LogP) is 3.52. The lowest BCUT2D eigenvalue weighted by molar-refractivity contribution is -0.135. The van der Waals surface area contributed by atoms with Crippen LogP contribution in [0.3, 0.4) is 0 Å². The lowest BCUT2D eigenvalue weighted by atomic mass is 9.87. The third kappa shape index (κ3) is 2.95. The normalized spacial score (nSPS) is 19.7. The van der Waals surface area contributed by atoms with Crippen molar-refractivity contribution in [2.45, 2.75) is 5.92 Å². The molecule has 2 amide bonds. The number of amides is 2. The van der Waals surface area contributed by atoms with Crippen LogP contribution < -0.4 is 5.32 Å². The standard InChI is InChI=1S/C20H16F2N2O3/c1-24-10-13(11-5-6-16-12(9-11)7-8-27-16)17(20(24)26)19(25)23-15-4-2-3-14(21)18(15)22/h2-9,13,17H,10H2,1H3,(H,23,25)/t13-,17+/m1/s1. The van der Waals surface area contributed by atoms with Crippen LogP contribution in [0.25, 0.3) is 11.0 Å². The zero-order valence-corrected chi connectivity index (χ0v) is 14.4. The van der Waals surface area contributed by atoms with E-state index < -0.39 is 29.4 Å². The molecule has 138 valence electrons. The number of likely N-dealkylation sites (tertiary alicyclic amines) is 1. The molecule has 27 heavy (non-hydrogen) atoms. The van der Waals surface area contributed by atoms with Gasteiger partial charge in [0.25, 0.3) is 0 Å². The van der Waals surface area contributed by atoms with Gasteiger partial charge >= 0.3 is 0 Å². The number of furan rings is 1. The van der Waals surface area contributed by atoms with E-state index in [1.807, 2.05) is 12.1 Å². The minimum atomic E-state index is -1.15. The van der Waals surface area contributed by atoms with Gasteiger partial charge < -0.3 is 14.6 Å². The summed E-state index contributed by atoms with van der Waals surface area (Å²) in [6.45, 7) is 0.353. The number of carbonyl (C=O) groups excluding carboxylic acids is 2. The van der Waals surface area contributed by atoms with E-state index in [9.17, 15) is 18.4 Å². The van der Waals surface area contributed by atoms with Crippen LogP contribution in [-0.4, -0.2) is 30.3 Å². The third-order valence-electron chi connectivity index (χ3n) is 4.91. The monoisotopic (exact) mass is 370 g/mol. The van der Waals surface area contributed by atoms with Gasteiger partial charge in [0, 0.05) is 24.9 Å².